The Kier molecular flexibility index (Phi) is 6.79. The second-order valence-corrected chi connectivity index (χ2v) is 5.81. The minimum absolute atomic E-state index is 0. The minimum Gasteiger partial charge on any atom is -0.481 e. The van der Waals surface area contributed by atoms with Crippen LogP contribution >= 0.6 is 28.3 Å². The molecule has 20 heavy (non-hydrogen) atoms. The third-order valence-corrected chi connectivity index (χ3v) is 3.88. The van der Waals surface area contributed by atoms with Gasteiger partial charge in [-0.25, -0.2) is 0 Å². The molecule has 2 atom stereocenters. The topological polar surface area (TPSA) is 55.6 Å². The molecule has 1 aliphatic heterocycles. The average molecular weight is 364 g/mol. The first-order valence-corrected chi connectivity index (χ1v) is 7.30. The highest BCUT2D eigenvalue weighted by molar-refractivity contribution is 9.10. The number of benzene rings is 1. The molecule has 0 radical (unpaired) electrons. The average Bonchev–Trinajstić information content (AvgIpc) is 2.86. The molecule has 6 heteroatoms. The number of rotatable bonds is 4. The largest absolute Gasteiger partial charge is 0.481 e. The van der Waals surface area contributed by atoms with E-state index in [9.17, 15) is 4.79 Å². The van der Waals surface area contributed by atoms with Crippen molar-refractivity contribution in [2.75, 3.05) is 19.6 Å². The van der Waals surface area contributed by atoms with Crippen molar-refractivity contribution >= 4 is 34.2 Å². The molecular weight excluding hydrogens is 344 g/mol. The molecule has 1 heterocycles. The number of hydrogen-bond donors (Lipinski definition) is 1. The van der Waals surface area contributed by atoms with Crippen molar-refractivity contribution in [2.24, 2.45) is 11.7 Å². The number of amides is 1. The number of halogens is 2. The fraction of sp³-hybridized carbons (Fsp3) is 0.500. The highest BCUT2D eigenvalue weighted by Gasteiger charge is 2.29. The molecule has 112 valence electrons. The van der Waals surface area contributed by atoms with Crippen molar-refractivity contribution in [3.63, 3.8) is 0 Å². The Bertz CT molecular complexity index is 459. The van der Waals surface area contributed by atoms with E-state index in [0.717, 1.165) is 24.0 Å². The Morgan fingerprint density at radius 1 is 1.60 bits per heavy atom. The lowest BCUT2D eigenvalue weighted by atomic mass is 10.1. The van der Waals surface area contributed by atoms with Gasteiger partial charge in [0.25, 0.3) is 5.91 Å². The molecule has 1 fully saturated rings. The first-order valence-electron chi connectivity index (χ1n) is 6.51. The van der Waals surface area contributed by atoms with E-state index in [0.29, 0.717) is 18.2 Å². The van der Waals surface area contributed by atoms with Crippen LogP contribution in [0.4, 0.5) is 0 Å². The SMILES string of the molecule is CC(Oc1cccc(Br)c1)C(=O)N1CCC(CN)C1.Cl. The summed E-state index contributed by atoms with van der Waals surface area (Å²) in [6.07, 6.45) is 0.525. The number of carbonyl (C=O) groups excluding carboxylic acids is 1. The van der Waals surface area contributed by atoms with Crippen LogP contribution in [0.3, 0.4) is 0 Å². The molecule has 0 saturated carbocycles. The molecule has 0 spiro atoms. The van der Waals surface area contributed by atoms with Gasteiger partial charge in [0.1, 0.15) is 5.75 Å². The van der Waals surface area contributed by atoms with E-state index in [1.165, 1.54) is 0 Å². The standard InChI is InChI=1S/C14H19BrN2O2.ClH/c1-10(19-13-4-2-3-12(15)7-13)14(18)17-6-5-11(8-16)9-17;/h2-4,7,10-11H,5-6,8-9,16H2,1H3;1H. The van der Waals surface area contributed by atoms with Gasteiger partial charge < -0.3 is 15.4 Å². The molecule has 1 saturated heterocycles. The molecule has 1 amide bonds. The Hall–Kier alpha value is -0.780. The Morgan fingerprint density at radius 3 is 2.95 bits per heavy atom. The summed E-state index contributed by atoms with van der Waals surface area (Å²) in [5.74, 6) is 1.17. The van der Waals surface area contributed by atoms with E-state index in [2.05, 4.69) is 15.9 Å². The maximum Gasteiger partial charge on any atom is 0.263 e. The number of hydrogen-bond acceptors (Lipinski definition) is 3. The summed E-state index contributed by atoms with van der Waals surface area (Å²) in [6, 6.07) is 7.51. The van der Waals surface area contributed by atoms with Crippen molar-refractivity contribution in [1.29, 1.82) is 0 Å². The van der Waals surface area contributed by atoms with Crippen LogP contribution in [0.2, 0.25) is 0 Å². The second kappa shape index (κ2) is 7.86. The van der Waals surface area contributed by atoms with Crippen LogP contribution in [-0.2, 0) is 4.79 Å². The van der Waals surface area contributed by atoms with Crippen LogP contribution in [-0.4, -0.2) is 36.5 Å². The fourth-order valence-corrected chi connectivity index (χ4v) is 2.66. The van der Waals surface area contributed by atoms with Gasteiger partial charge in [0.2, 0.25) is 0 Å². The van der Waals surface area contributed by atoms with Crippen LogP contribution in [0.5, 0.6) is 5.75 Å². The normalized spacial score (nSPS) is 19.4. The molecule has 0 aromatic heterocycles. The Morgan fingerprint density at radius 2 is 2.35 bits per heavy atom. The molecular formula is C14H20BrClN2O2. The zero-order valence-electron chi connectivity index (χ0n) is 11.4. The highest BCUT2D eigenvalue weighted by Crippen LogP contribution is 2.21. The van der Waals surface area contributed by atoms with E-state index in [4.69, 9.17) is 10.5 Å². The number of nitrogens with zero attached hydrogens (tertiary/aromatic N) is 1. The Balaban J connectivity index is 0.00000200. The highest BCUT2D eigenvalue weighted by atomic mass is 79.9. The molecule has 1 aromatic rings. The smallest absolute Gasteiger partial charge is 0.263 e. The van der Waals surface area contributed by atoms with Crippen molar-refractivity contribution < 1.29 is 9.53 Å². The summed E-state index contributed by atoms with van der Waals surface area (Å²) in [7, 11) is 0. The van der Waals surface area contributed by atoms with Crippen molar-refractivity contribution in [2.45, 2.75) is 19.4 Å². The van der Waals surface area contributed by atoms with E-state index in [1.54, 1.807) is 6.92 Å². The quantitative estimate of drug-likeness (QED) is 0.894. The zero-order valence-corrected chi connectivity index (χ0v) is 13.8. The Labute approximate surface area is 134 Å². The van der Waals surface area contributed by atoms with E-state index in [-0.39, 0.29) is 18.3 Å². The lowest BCUT2D eigenvalue weighted by Gasteiger charge is -2.21. The minimum atomic E-state index is -0.467. The lowest BCUT2D eigenvalue weighted by Crippen LogP contribution is -2.39. The molecule has 2 rings (SSSR count). The summed E-state index contributed by atoms with van der Waals surface area (Å²) in [5, 5.41) is 0. The van der Waals surface area contributed by atoms with Crippen LogP contribution in [0.25, 0.3) is 0 Å². The number of carbonyl (C=O) groups is 1. The van der Waals surface area contributed by atoms with Crippen molar-refractivity contribution in [3.8, 4) is 5.75 Å². The van der Waals surface area contributed by atoms with Crippen LogP contribution in [0.1, 0.15) is 13.3 Å². The lowest BCUT2D eigenvalue weighted by molar-refractivity contribution is -0.136. The third kappa shape index (κ3) is 4.36. The van der Waals surface area contributed by atoms with Gasteiger partial charge in [0.05, 0.1) is 0 Å². The molecule has 0 bridgehead atoms. The molecule has 2 unspecified atom stereocenters. The summed E-state index contributed by atoms with van der Waals surface area (Å²) >= 11 is 3.38. The number of likely N-dealkylation sites (tertiary alicyclic amines) is 1. The predicted molar refractivity (Wildman–Crippen MR) is 85.2 cm³/mol. The van der Waals surface area contributed by atoms with E-state index < -0.39 is 6.10 Å². The molecule has 2 N–H and O–H groups in total. The van der Waals surface area contributed by atoms with E-state index in [1.807, 2.05) is 29.2 Å². The first-order chi connectivity index (χ1) is 9.10. The maximum atomic E-state index is 12.2. The molecule has 0 aliphatic carbocycles. The monoisotopic (exact) mass is 362 g/mol. The van der Waals surface area contributed by atoms with Crippen molar-refractivity contribution in [3.05, 3.63) is 28.7 Å². The predicted octanol–water partition coefficient (Wildman–Crippen LogP) is 2.45. The van der Waals surface area contributed by atoms with Gasteiger partial charge in [0, 0.05) is 17.6 Å². The van der Waals surface area contributed by atoms with Gasteiger partial charge in [-0.1, -0.05) is 22.0 Å². The van der Waals surface area contributed by atoms with Crippen molar-refractivity contribution in [1.82, 2.24) is 4.90 Å². The third-order valence-electron chi connectivity index (χ3n) is 3.39. The fourth-order valence-electron chi connectivity index (χ4n) is 2.28. The van der Waals surface area contributed by atoms with Gasteiger partial charge in [-0.05, 0) is 44.0 Å². The summed E-state index contributed by atoms with van der Waals surface area (Å²) in [5.41, 5.74) is 5.64. The van der Waals surface area contributed by atoms with Crippen LogP contribution < -0.4 is 10.5 Å². The molecule has 4 nitrogen and oxygen atoms in total. The first kappa shape index (κ1) is 17.3. The zero-order chi connectivity index (χ0) is 13.8. The van der Waals surface area contributed by atoms with Crippen LogP contribution in [0.15, 0.2) is 28.7 Å². The number of nitrogens with two attached hydrogens (primary N) is 1. The summed E-state index contributed by atoms with van der Waals surface area (Å²) < 4.78 is 6.62. The van der Waals surface area contributed by atoms with Crippen LogP contribution in [0, 0.1) is 5.92 Å². The van der Waals surface area contributed by atoms with Gasteiger partial charge in [-0.15, -0.1) is 12.4 Å². The molecule has 1 aromatic carbocycles. The number of ether oxygens (including phenoxy) is 1. The van der Waals surface area contributed by atoms with E-state index >= 15 is 0 Å². The molecule has 1 aliphatic rings. The summed E-state index contributed by atoms with van der Waals surface area (Å²) in [6.45, 7) is 3.97. The van der Waals surface area contributed by atoms with Gasteiger partial charge in [-0.2, -0.15) is 0 Å². The van der Waals surface area contributed by atoms with Gasteiger partial charge in [-0.3, -0.25) is 4.79 Å². The second-order valence-electron chi connectivity index (χ2n) is 4.89. The summed E-state index contributed by atoms with van der Waals surface area (Å²) in [4.78, 5) is 14.1. The maximum absolute atomic E-state index is 12.2. The van der Waals surface area contributed by atoms with Gasteiger partial charge >= 0.3 is 0 Å². The van der Waals surface area contributed by atoms with Gasteiger partial charge in [0.15, 0.2) is 6.10 Å².